The molecule has 0 spiro atoms. The molecular formula is C13H18. The van der Waals surface area contributed by atoms with Crippen LogP contribution in [0.25, 0.3) is 0 Å². The Morgan fingerprint density at radius 3 is 2.31 bits per heavy atom. The van der Waals surface area contributed by atoms with Crippen molar-refractivity contribution in [2.75, 3.05) is 0 Å². The zero-order valence-corrected chi connectivity index (χ0v) is 9.07. The second kappa shape index (κ2) is 2.87. The first-order valence-corrected chi connectivity index (χ1v) is 5.16. The maximum atomic E-state index is 2.43. The molecule has 0 aromatic heterocycles. The first-order chi connectivity index (χ1) is 6.11. The van der Waals surface area contributed by atoms with E-state index in [0.717, 1.165) is 5.92 Å². The van der Waals surface area contributed by atoms with Gasteiger partial charge in [-0.05, 0) is 63.2 Å². The fourth-order valence-electron chi connectivity index (χ4n) is 2.77. The lowest BCUT2D eigenvalue weighted by Crippen LogP contribution is -2.00. The van der Waals surface area contributed by atoms with Crippen LogP contribution in [0.3, 0.4) is 0 Å². The van der Waals surface area contributed by atoms with Crippen LogP contribution in [0.15, 0.2) is 33.9 Å². The molecule has 0 radical (unpaired) electrons. The van der Waals surface area contributed by atoms with Gasteiger partial charge in [-0.2, -0.15) is 0 Å². The maximum absolute atomic E-state index is 2.43. The van der Waals surface area contributed by atoms with Crippen molar-refractivity contribution < 1.29 is 0 Å². The SMILES string of the molecule is CC(C)=C1C2=CCC(C2)C1=C(C)C. The lowest BCUT2D eigenvalue weighted by molar-refractivity contribution is 0.697. The van der Waals surface area contributed by atoms with E-state index in [-0.39, 0.29) is 0 Å². The number of fused-ring (bicyclic) bond motifs is 2. The first kappa shape index (κ1) is 8.80. The molecule has 1 atom stereocenters. The third-order valence-corrected chi connectivity index (χ3v) is 3.15. The molecule has 0 amide bonds. The van der Waals surface area contributed by atoms with Gasteiger partial charge in [0.05, 0.1) is 0 Å². The van der Waals surface area contributed by atoms with E-state index in [9.17, 15) is 0 Å². The largest absolute Gasteiger partial charge is 0.0801 e. The normalized spacial score (nSPS) is 25.2. The van der Waals surface area contributed by atoms with Crippen molar-refractivity contribution in [3.8, 4) is 0 Å². The minimum atomic E-state index is 0.824. The molecule has 2 aliphatic carbocycles. The molecule has 0 aromatic carbocycles. The van der Waals surface area contributed by atoms with Gasteiger partial charge in [-0.15, -0.1) is 0 Å². The summed E-state index contributed by atoms with van der Waals surface area (Å²) < 4.78 is 0. The van der Waals surface area contributed by atoms with E-state index in [1.54, 1.807) is 16.7 Å². The molecule has 0 nitrogen and oxygen atoms in total. The summed E-state index contributed by atoms with van der Waals surface area (Å²) in [6, 6.07) is 0. The molecule has 0 aromatic rings. The Morgan fingerprint density at radius 1 is 1.15 bits per heavy atom. The lowest BCUT2D eigenvalue weighted by atomic mass is 9.89. The summed E-state index contributed by atoms with van der Waals surface area (Å²) in [4.78, 5) is 0. The van der Waals surface area contributed by atoms with Crippen LogP contribution in [0, 0.1) is 5.92 Å². The van der Waals surface area contributed by atoms with Gasteiger partial charge in [0, 0.05) is 0 Å². The van der Waals surface area contributed by atoms with Crippen LogP contribution in [-0.2, 0) is 0 Å². The number of hydrogen-bond acceptors (Lipinski definition) is 0. The highest BCUT2D eigenvalue weighted by Gasteiger charge is 2.34. The quantitative estimate of drug-likeness (QED) is 0.520. The minimum Gasteiger partial charge on any atom is -0.0801 e. The van der Waals surface area contributed by atoms with Crippen molar-refractivity contribution in [2.24, 2.45) is 5.92 Å². The van der Waals surface area contributed by atoms with Crippen molar-refractivity contribution in [2.45, 2.75) is 40.5 Å². The average Bonchev–Trinajstić information content (AvgIpc) is 2.60. The third-order valence-electron chi connectivity index (χ3n) is 3.15. The summed E-state index contributed by atoms with van der Waals surface area (Å²) in [5.74, 6) is 0.824. The number of rotatable bonds is 0. The van der Waals surface area contributed by atoms with Crippen molar-refractivity contribution in [3.05, 3.63) is 33.9 Å². The van der Waals surface area contributed by atoms with Gasteiger partial charge in [-0.3, -0.25) is 0 Å². The van der Waals surface area contributed by atoms with Crippen LogP contribution in [0.1, 0.15) is 40.5 Å². The van der Waals surface area contributed by atoms with Crippen LogP contribution >= 0.6 is 0 Å². The molecule has 2 bridgehead atoms. The molecular weight excluding hydrogens is 156 g/mol. The van der Waals surface area contributed by atoms with Gasteiger partial charge >= 0.3 is 0 Å². The van der Waals surface area contributed by atoms with Crippen molar-refractivity contribution in [3.63, 3.8) is 0 Å². The molecule has 70 valence electrons. The van der Waals surface area contributed by atoms with Crippen molar-refractivity contribution >= 4 is 0 Å². The van der Waals surface area contributed by atoms with E-state index in [1.807, 2.05) is 0 Å². The molecule has 0 N–H and O–H groups in total. The van der Waals surface area contributed by atoms with Crippen LogP contribution in [0.2, 0.25) is 0 Å². The molecule has 1 saturated carbocycles. The highest BCUT2D eigenvalue weighted by molar-refractivity contribution is 5.59. The fraction of sp³-hybridized carbons (Fsp3) is 0.538. The Balaban J connectivity index is 2.59. The Hall–Kier alpha value is -0.780. The molecule has 0 aliphatic heterocycles. The Kier molecular flexibility index (Phi) is 1.94. The monoisotopic (exact) mass is 174 g/mol. The predicted octanol–water partition coefficient (Wildman–Crippen LogP) is 4.01. The number of allylic oxidation sites excluding steroid dienone is 6. The maximum Gasteiger partial charge on any atom is -0.00813 e. The van der Waals surface area contributed by atoms with Crippen molar-refractivity contribution in [1.29, 1.82) is 0 Å². The van der Waals surface area contributed by atoms with E-state index in [2.05, 4.69) is 33.8 Å². The summed E-state index contributed by atoms with van der Waals surface area (Å²) in [6.45, 7) is 8.97. The van der Waals surface area contributed by atoms with Gasteiger partial charge in [0.15, 0.2) is 0 Å². The number of hydrogen-bond donors (Lipinski definition) is 0. The predicted molar refractivity (Wildman–Crippen MR) is 57.6 cm³/mol. The first-order valence-electron chi connectivity index (χ1n) is 5.16. The van der Waals surface area contributed by atoms with Gasteiger partial charge in [0.2, 0.25) is 0 Å². The van der Waals surface area contributed by atoms with E-state index < -0.39 is 0 Å². The second-order valence-corrected chi connectivity index (χ2v) is 4.65. The highest BCUT2D eigenvalue weighted by atomic mass is 14.4. The van der Waals surface area contributed by atoms with Gasteiger partial charge < -0.3 is 0 Å². The zero-order chi connectivity index (χ0) is 9.59. The second-order valence-electron chi connectivity index (χ2n) is 4.65. The smallest absolute Gasteiger partial charge is 0.00813 e. The van der Waals surface area contributed by atoms with Gasteiger partial charge in [0.1, 0.15) is 0 Å². The molecule has 13 heavy (non-hydrogen) atoms. The molecule has 2 rings (SSSR count). The van der Waals surface area contributed by atoms with Crippen LogP contribution in [0.5, 0.6) is 0 Å². The third kappa shape index (κ3) is 1.20. The summed E-state index contributed by atoms with van der Waals surface area (Å²) in [6.07, 6.45) is 5.02. The van der Waals surface area contributed by atoms with E-state index >= 15 is 0 Å². The molecule has 1 unspecified atom stereocenters. The van der Waals surface area contributed by atoms with Gasteiger partial charge in [-0.1, -0.05) is 17.2 Å². The molecule has 0 saturated heterocycles. The summed E-state index contributed by atoms with van der Waals surface area (Å²) in [5.41, 5.74) is 7.85. The summed E-state index contributed by atoms with van der Waals surface area (Å²) >= 11 is 0. The Bertz CT molecular complexity index is 329. The fourth-order valence-corrected chi connectivity index (χ4v) is 2.77. The highest BCUT2D eigenvalue weighted by Crippen LogP contribution is 2.49. The standard InChI is InChI=1S/C13H18/c1-8(2)12-10-5-6-11(7-10)13(12)9(3)4/h5,11H,6-7H2,1-4H3. The van der Waals surface area contributed by atoms with Crippen LogP contribution < -0.4 is 0 Å². The molecule has 1 fully saturated rings. The minimum absolute atomic E-state index is 0.824. The van der Waals surface area contributed by atoms with E-state index in [1.165, 1.54) is 24.0 Å². The summed E-state index contributed by atoms with van der Waals surface area (Å²) in [5, 5.41) is 0. The van der Waals surface area contributed by atoms with Gasteiger partial charge in [0.25, 0.3) is 0 Å². The van der Waals surface area contributed by atoms with Crippen LogP contribution in [0.4, 0.5) is 0 Å². The molecule has 0 heteroatoms. The van der Waals surface area contributed by atoms with Crippen molar-refractivity contribution in [1.82, 2.24) is 0 Å². The average molecular weight is 174 g/mol. The molecule has 0 heterocycles. The van der Waals surface area contributed by atoms with E-state index in [0.29, 0.717) is 0 Å². The lowest BCUT2D eigenvalue weighted by Gasteiger charge is -2.16. The Morgan fingerprint density at radius 2 is 1.85 bits per heavy atom. The Labute approximate surface area is 81.0 Å². The van der Waals surface area contributed by atoms with Crippen LogP contribution in [-0.4, -0.2) is 0 Å². The molecule has 2 aliphatic rings. The van der Waals surface area contributed by atoms with E-state index in [4.69, 9.17) is 0 Å². The van der Waals surface area contributed by atoms with Gasteiger partial charge in [-0.25, -0.2) is 0 Å². The zero-order valence-electron chi connectivity index (χ0n) is 9.07. The summed E-state index contributed by atoms with van der Waals surface area (Å²) in [7, 11) is 0. The topological polar surface area (TPSA) is 0 Å².